The molecule has 1 amide bonds. The SMILES string of the molecule is Cc1ccc(N2CCN(C(=O)c3ccc(CN4CCCS4(=O)=O)cc3)CC2)c(C)c1. The van der Waals surface area contributed by atoms with Crippen LogP contribution >= 0.6 is 0 Å². The first-order valence-corrected chi connectivity index (χ1v) is 12.1. The van der Waals surface area contributed by atoms with Gasteiger partial charge < -0.3 is 9.80 Å². The summed E-state index contributed by atoms with van der Waals surface area (Å²) in [7, 11) is -3.11. The number of carbonyl (C=O) groups excluding carboxylic acids is 1. The average molecular weight is 428 g/mol. The number of sulfonamides is 1. The molecular formula is C23H29N3O3S. The normalized spacial score (nSPS) is 19.3. The van der Waals surface area contributed by atoms with Crippen molar-refractivity contribution in [3.05, 3.63) is 64.7 Å². The van der Waals surface area contributed by atoms with Crippen LogP contribution in [0.15, 0.2) is 42.5 Å². The second-order valence-electron chi connectivity index (χ2n) is 8.27. The standard InChI is InChI=1S/C23H29N3O3S/c1-18-4-9-22(19(2)16-18)24-11-13-25(14-12-24)23(27)21-7-5-20(6-8-21)17-26-10-3-15-30(26,28)29/h4-9,16H,3,10-15,17H2,1-2H3. The molecule has 2 heterocycles. The molecule has 0 spiro atoms. The zero-order chi connectivity index (χ0) is 21.3. The first kappa shape index (κ1) is 20.9. The highest BCUT2D eigenvalue weighted by molar-refractivity contribution is 7.89. The maximum Gasteiger partial charge on any atom is 0.253 e. The lowest BCUT2D eigenvalue weighted by Crippen LogP contribution is -2.49. The van der Waals surface area contributed by atoms with Gasteiger partial charge in [0.15, 0.2) is 0 Å². The van der Waals surface area contributed by atoms with Crippen LogP contribution in [0.3, 0.4) is 0 Å². The third-order valence-corrected chi connectivity index (χ3v) is 7.93. The maximum atomic E-state index is 12.9. The summed E-state index contributed by atoms with van der Waals surface area (Å²) in [5.41, 5.74) is 5.34. The molecule has 0 N–H and O–H groups in total. The molecule has 0 saturated carbocycles. The number of benzene rings is 2. The monoisotopic (exact) mass is 427 g/mol. The fourth-order valence-corrected chi connectivity index (χ4v) is 5.82. The first-order chi connectivity index (χ1) is 14.3. The summed E-state index contributed by atoms with van der Waals surface area (Å²) < 4.78 is 25.5. The summed E-state index contributed by atoms with van der Waals surface area (Å²) in [4.78, 5) is 17.2. The Hall–Kier alpha value is -2.38. The molecule has 0 radical (unpaired) electrons. The minimum atomic E-state index is -3.11. The molecule has 2 aliphatic rings. The van der Waals surface area contributed by atoms with Crippen molar-refractivity contribution in [3.63, 3.8) is 0 Å². The van der Waals surface area contributed by atoms with Crippen LogP contribution in [0.1, 0.15) is 33.5 Å². The molecule has 2 saturated heterocycles. The second-order valence-corrected chi connectivity index (χ2v) is 10.4. The van der Waals surface area contributed by atoms with Crippen molar-refractivity contribution in [2.24, 2.45) is 0 Å². The van der Waals surface area contributed by atoms with E-state index in [1.807, 2.05) is 29.2 Å². The molecule has 2 aromatic rings. The number of carbonyl (C=O) groups is 1. The molecule has 0 atom stereocenters. The Morgan fingerprint density at radius 1 is 0.933 bits per heavy atom. The zero-order valence-electron chi connectivity index (χ0n) is 17.7. The summed E-state index contributed by atoms with van der Waals surface area (Å²) in [6, 6.07) is 13.9. The summed E-state index contributed by atoms with van der Waals surface area (Å²) in [6.45, 7) is 8.22. The molecule has 4 rings (SSSR count). The molecule has 2 aliphatic heterocycles. The number of hydrogen-bond donors (Lipinski definition) is 0. The van der Waals surface area contributed by atoms with E-state index in [0.717, 1.165) is 18.7 Å². The molecule has 0 aromatic heterocycles. The van der Waals surface area contributed by atoms with Crippen LogP contribution in [0, 0.1) is 13.8 Å². The van der Waals surface area contributed by atoms with E-state index < -0.39 is 10.0 Å². The van der Waals surface area contributed by atoms with E-state index in [-0.39, 0.29) is 11.7 Å². The highest BCUT2D eigenvalue weighted by Gasteiger charge is 2.28. The van der Waals surface area contributed by atoms with Crippen LogP contribution in [0.4, 0.5) is 5.69 Å². The van der Waals surface area contributed by atoms with Gasteiger partial charge in [-0.1, -0.05) is 29.8 Å². The van der Waals surface area contributed by atoms with Crippen LogP contribution < -0.4 is 4.90 Å². The lowest BCUT2D eigenvalue weighted by molar-refractivity contribution is 0.0746. The third kappa shape index (κ3) is 4.37. The molecule has 6 nitrogen and oxygen atoms in total. The van der Waals surface area contributed by atoms with Crippen molar-refractivity contribution < 1.29 is 13.2 Å². The fourth-order valence-electron chi connectivity index (χ4n) is 4.32. The Bertz CT molecular complexity index is 1030. The molecular weight excluding hydrogens is 398 g/mol. The highest BCUT2D eigenvalue weighted by Crippen LogP contribution is 2.23. The lowest BCUT2D eigenvalue weighted by Gasteiger charge is -2.37. The van der Waals surface area contributed by atoms with E-state index in [1.54, 1.807) is 0 Å². The van der Waals surface area contributed by atoms with Crippen LogP contribution in [0.25, 0.3) is 0 Å². The van der Waals surface area contributed by atoms with Gasteiger partial charge in [0.2, 0.25) is 10.0 Å². The Balaban J connectivity index is 1.36. The van der Waals surface area contributed by atoms with Crippen molar-refractivity contribution in [3.8, 4) is 0 Å². The van der Waals surface area contributed by atoms with Crippen LogP contribution in [0.2, 0.25) is 0 Å². The smallest absolute Gasteiger partial charge is 0.253 e. The molecule has 2 aromatic carbocycles. The Morgan fingerprint density at radius 2 is 1.63 bits per heavy atom. The largest absolute Gasteiger partial charge is 0.368 e. The van der Waals surface area contributed by atoms with E-state index in [2.05, 4.69) is 36.9 Å². The predicted molar refractivity (Wildman–Crippen MR) is 119 cm³/mol. The Morgan fingerprint density at radius 3 is 2.23 bits per heavy atom. The van der Waals surface area contributed by atoms with E-state index in [4.69, 9.17) is 0 Å². The van der Waals surface area contributed by atoms with Gasteiger partial charge in [0.05, 0.1) is 5.75 Å². The summed E-state index contributed by atoms with van der Waals surface area (Å²) in [5.74, 6) is 0.271. The van der Waals surface area contributed by atoms with Gasteiger partial charge in [-0.05, 0) is 49.6 Å². The van der Waals surface area contributed by atoms with Crippen LogP contribution in [-0.2, 0) is 16.6 Å². The molecule has 0 bridgehead atoms. The summed E-state index contributed by atoms with van der Waals surface area (Å²) in [6.07, 6.45) is 0.687. The van der Waals surface area contributed by atoms with Crippen LogP contribution in [-0.4, -0.2) is 62.0 Å². The van der Waals surface area contributed by atoms with Gasteiger partial charge in [0, 0.05) is 50.5 Å². The van der Waals surface area contributed by atoms with Gasteiger partial charge in [0.1, 0.15) is 0 Å². The van der Waals surface area contributed by atoms with Crippen molar-refractivity contribution in [2.75, 3.05) is 43.4 Å². The Kier molecular flexibility index (Phi) is 5.84. The highest BCUT2D eigenvalue weighted by atomic mass is 32.2. The number of anilines is 1. The van der Waals surface area contributed by atoms with E-state index in [1.165, 1.54) is 21.1 Å². The van der Waals surface area contributed by atoms with Gasteiger partial charge in [-0.3, -0.25) is 4.79 Å². The van der Waals surface area contributed by atoms with Gasteiger partial charge >= 0.3 is 0 Å². The molecule has 2 fully saturated rings. The fraction of sp³-hybridized carbons (Fsp3) is 0.435. The van der Waals surface area contributed by atoms with E-state index in [9.17, 15) is 13.2 Å². The van der Waals surface area contributed by atoms with Crippen molar-refractivity contribution in [1.29, 1.82) is 0 Å². The van der Waals surface area contributed by atoms with E-state index >= 15 is 0 Å². The third-order valence-electron chi connectivity index (χ3n) is 6.02. The van der Waals surface area contributed by atoms with Gasteiger partial charge in [-0.25, -0.2) is 8.42 Å². The lowest BCUT2D eigenvalue weighted by atomic mass is 10.1. The summed E-state index contributed by atoms with van der Waals surface area (Å²) >= 11 is 0. The number of aryl methyl sites for hydroxylation is 2. The van der Waals surface area contributed by atoms with Crippen molar-refractivity contribution in [2.45, 2.75) is 26.8 Å². The average Bonchev–Trinajstić information content (AvgIpc) is 3.06. The zero-order valence-corrected chi connectivity index (χ0v) is 18.5. The predicted octanol–water partition coefficient (Wildman–Crippen LogP) is 2.80. The summed E-state index contributed by atoms with van der Waals surface area (Å²) in [5, 5.41) is 0. The van der Waals surface area contributed by atoms with Gasteiger partial charge in [-0.15, -0.1) is 0 Å². The molecule has 30 heavy (non-hydrogen) atoms. The van der Waals surface area contributed by atoms with Gasteiger partial charge in [-0.2, -0.15) is 4.31 Å². The van der Waals surface area contributed by atoms with Crippen LogP contribution in [0.5, 0.6) is 0 Å². The molecule has 0 unspecified atom stereocenters. The minimum Gasteiger partial charge on any atom is -0.368 e. The number of hydrogen-bond acceptors (Lipinski definition) is 4. The number of nitrogens with zero attached hydrogens (tertiary/aromatic N) is 3. The topological polar surface area (TPSA) is 60.9 Å². The quantitative estimate of drug-likeness (QED) is 0.753. The maximum absolute atomic E-state index is 12.9. The van der Waals surface area contributed by atoms with E-state index in [0.29, 0.717) is 38.2 Å². The Labute approximate surface area is 179 Å². The number of piperazine rings is 1. The number of rotatable bonds is 4. The first-order valence-electron chi connectivity index (χ1n) is 10.5. The molecule has 0 aliphatic carbocycles. The molecule has 7 heteroatoms. The minimum absolute atomic E-state index is 0.0376. The van der Waals surface area contributed by atoms with Gasteiger partial charge in [0.25, 0.3) is 5.91 Å². The molecule has 160 valence electrons. The van der Waals surface area contributed by atoms with Crippen molar-refractivity contribution >= 4 is 21.6 Å². The second kappa shape index (κ2) is 8.40. The number of amides is 1. The van der Waals surface area contributed by atoms with Crippen molar-refractivity contribution in [1.82, 2.24) is 9.21 Å².